The number of anilines is 1. The van der Waals surface area contributed by atoms with E-state index in [0.717, 1.165) is 15.6 Å². The van der Waals surface area contributed by atoms with Gasteiger partial charge in [-0.3, -0.25) is 9.59 Å². The molecule has 0 radical (unpaired) electrons. The Morgan fingerprint density at radius 1 is 1.00 bits per heavy atom. The van der Waals surface area contributed by atoms with Gasteiger partial charge < -0.3 is 10.1 Å². The van der Waals surface area contributed by atoms with Gasteiger partial charge in [-0.1, -0.05) is 24.3 Å². The van der Waals surface area contributed by atoms with Crippen molar-refractivity contribution < 1.29 is 19.1 Å². The number of carbonyl (C=O) groups excluding carboxylic acids is 3. The standard InChI is InChI=1S/C21H19NO4S/c1-13-7-9-19(27-13)18(23)8-10-20(24)22-17-12-15-6-4-3-5-14(15)11-16(17)21(25)26-2/h3-7,9,11-12H,8,10H2,1-2H3,(H,22,24). The number of esters is 1. The largest absolute Gasteiger partial charge is 0.465 e. The molecular formula is C21H19NO4S. The van der Waals surface area contributed by atoms with Gasteiger partial charge in [-0.15, -0.1) is 11.3 Å². The number of aryl methyl sites for hydroxylation is 1. The molecule has 27 heavy (non-hydrogen) atoms. The Bertz CT molecular complexity index is 1020. The smallest absolute Gasteiger partial charge is 0.339 e. The van der Waals surface area contributed by atoms with E-state index < -0.39 is 5.97 Å². The summed E-state index contributed by atoms with van der Waals surface area (Å²) in [4.78, 5) is 38.3. The van der Waals surface area contributed by atoms with Crippen LogP contribution in [0.5, 0.6) is 0 Å². The molecule has 6 heteroatoms. The number of rotatable bonds is 6. The molecule has 1 aromatic heterocycles. The van der Waals surface area contributed by atoms with Crippen LogP contribution in [-0.2, 0) is 9.53 Å². The van der Waals surface area contributed by atoms with E-state index in [1.54, 1.807) is 18.2 Å². The summed E-state index contributed by atoms with van der Waals surface area (Å²) in [5.74, 6) is -0.909. The highest BCUT2D eigenvalue weighted by atomic mass is 32.1. The highest BCUT2D eigenvalue weighted by Gasteiger charge is 2.17. The van der Waals surface area contributed by atoms with Crippen molar-refractivity contribution in [1.82, 2.24) is 0 Å². The maximum Gasteiger partial charge on any atom is 0.339 e. The van der Waals surface area contributed by atoms with E-state index in [1.165, 1.54) is 18.4 Å². The molecule has 138 valence electrons. The first kappa shape index (κ1) is 18.8. The number of amides is 1. The summed E-state index contributed by atoms with van der Waals surface area (Å²) in [5, 5.41) is 4.51. The number of benzene rings is 2. The van der Waals surface area contributed by atoms with Crippen molar-refractivity contribution in [3.63, 3.8) is 0 Å². The van der Waals surface area contributed by atoms with E-state index in [4.69, 9.17) is 4.74 Å². The molecule has 3 rings (SSSR count). The molecule has 0 aliphatic rings. The molecular weight excluding hydrogens is 362 g/mol. The number of ketones is 1. The second-order valence-electron chi connectivity index (χ2n) is 6.12. The summed E-state index contributed by atoms with van der Waals surface area (Å²) in [5.41, 5.74) is 0.662. The van der Waals surface area contributed by atoms with Gasteiger partial charge in [0.15, 0.2) is 5.78 Å². The van der Waals surface area contributed by atoms with E-state index in [0.29, 0.717) is 10.6 Å². The first-order valence-electron chi connectivity index (χ1n) is 8.48. The van der Waals surface area contributed by atoms with Crippen LogP contribution in [0.2, 0.25) is 0 Å². The third-order valence-corrected chi connectivity index (χ3v) is 5.20. The zero-order chi connectivity index (χ0) is 19.4. The van der Waals surface area contributed by atoms with Crippen molar-refractivity contribution in [3.05, 3.63) is 63.8 Å². The van der Waals surface area contributed by atoms with Crippen molar-refractivity contribution in [2.24, 2.45) is 0 Å². The predicted molar refractivity (Wildman–Crippen MR) is 107 cm³/mol. The number of Topliss-reactive ketones (excluding diaryl/α,β-unsaturated/α-hetero) is 1. The fourth-order valence-corrected chi connectivity index (χ4v) is 3.60. The SMILES string of the molecule is COC(=O)c1cc2ccccc2cc1NC(=O)CCC(=O)c1ccc(C)s1. The molecule has 1 N–H and O–H groups in total. The van der Waals surface area contributed by atoms with Gasteiger partial charge in [0.25, 0.3) is 0 Å². The van der Waals surface area contributed by atoms with Crippen LogP contribution in [0, 0.1) is 6.92 Å². The normalized spacial score (nSPS) is 10.6. The molecule has 0 bridgehead atoms. The van der Waals surface area contributed by atoms with Crippen LogP contribution in [0.1, 0.15) is 37.7 Å². The predicted octanol–water partition coefficient (Wildman–Crippen LogP) is 4.60. The highest BCUT2D eigenvalue weighted by molar-refractivity contribution is 7.14. The zero-order valence-electron chi connectivity index (χ0n) is 15.1. The summed E-state index contributed by atoms with van der Waals surface area (Å²) in [7, 11) is 1.30. The maximum atomic E-state index is 12.3. The van der Waals surface area contributed by atoms with Gasteiger partial charge in [-0.25, -0.2) is 4.79 Å². The second-order valence-corrected chi connectivity index (χ2v) is 7.41. The van der Waals surface area contributed by atoms with E-state index in [9.17, 15) is 14.4 Å². The van der Waals surface area contributed by atoms with Crippen LogP contribution in [-0.4, -0.2) is 24.8 Å². The summed E-state index contributed by atoms with van der Waals surface area (Å²) < 4.78 is 4.82. The molecule has 3 aromatic rings. The number of ether oxygens (including phenoxy) is 1. The van der Waals surface area contributed by atoms with Crippen molar-refractivity contribution >= 4 is 45.5 Å². The van der Waals surface area contributed by atoms with Crippen LogP contribution in [0.15, 0.2) is 48.5 Å². The Hall–Kier alpha value is -2.99. The van der Waals surface area contributed by atoms with E-state index in [2.05, 4.69) is 5.32 Å². The summed E-state index contributed by atoms with van der Waals surface area (Å²) in [6, 6.07) is 14.6. The minimum Gasteiger partial charge on any atom is -0.465 e. The van der Waals surface area contributed by atoms with Gasteiger partial charge in [0.2, 0.25) is 5.91 Å². The minimum absolute atomic E-state index is 0.0449. The molecule has 0 saturated carbocycles. The summed E-state index contributed by atoms with van der Waals surface area (Å²) in [6.45, 7) is 1.93. The van der Waals surface area contributed by atoms with Gasteiger partial charge in [0.1, 0.15) is 0 Å². The first-order chi connectivity index (χ1) is 13.0. The second kappa shape index (κ2) is 8.14. The van der Waals surface area contributed by atoms with Gasteiger partial charge in [-0.05, 0) is 42.0 Å². The Kier molecular flexibility index (Phi) is 5.66. The lowest BCUT2D eigenvalue weighted by molar-refractivity contribution is -0.116. The molecule has 1 amide bonds. The number of carbonyl (C=O) groups is 3. The van der Waals surface area contributed by atoms with E-state index in [1.807, 2.05) is 37.3 Å². The lowest BCUT2D eigenvalue weighted by Crippen LogP contribution is -2.16. The Morgan fingerprint density at radius 3 is 2.33 bits per heavy atom. The first-order valence-corrected chi connectivity index (χ1v) is 9.30. The van der Waals surface area contributed by atoms with Crippen LogP contribution >= 0.6 is 11.3 Å². The third kappa shape index (κ3) is 4.41. The van der Waals surface area contributed by atoms with Crippen LogP contribution in [0.3, 0.4) is 0 Å². The Balaban J connectivity index is 1.75. The minimum atomic E-state index is -0.527. The van der Waals surface area contributed by atoms with Crippen molar-refractivity contribution in [3.8, 4) is 0 Å². The molecule has 0 aliphatic carbocycles. The lowest BCUT2D eigenvalue weighted by atomic mass is 10.0. The molecule has 0 spiro atoms. The molecule has 0 unspecified atom stereocenters. The van der Waals surface area contributed by atoms with Crippen LogP contribution < -0.4 is 5.32 Å². The van der Waals surface area contributed by atoms with E-state index in [-0.39, 0.29) is 30.1 Å². The number of thiophene rings is 1. The molecule has 2 aromatic carbocycles. The molecule has 0 aliphatic heterocycles. The quantitative estimate of drug-likeness (QED) is 0.500. The number of methoxy groups -OCH3 is 1. The van der Waals surface area contributed by atoms with Gasteiger partial charge in [0, 0.05) is 17.7 Å². The van der Waals surface area contributed by atoms with Gasteiger partial charge in [-0.2, -0.15) is 0 Å². The van der Waals surface area contributed by atoms with Crippen molar-refractivity contribution in [2.75, 3.05) is 12.4 Å². The van der Waals surface area contributed by atoms with Crippen molar-refractivity contribution in [1.29, 1.82) is 0 Å². The summed E-state index contributed by atoms with van der Waals surface area (Å²) in [6.07, 6.45) is 0.163. The fraction of sp³-hybridized carbons (Fsp3) is 0.190. The monoisotopic (exact) mass is 381 g/mol. The molecule has 0 fully saturated rings. The van der Waals surface area contributed by atoms with E-state index >= 15 is 0 Å². The van der Waals surface area contributed by atoms with Crippen LogP contribution in [0.25, 0.3) is 10.8 Å². The number of hydrogen-bond donors (Lipinski definition) is 1. The molecule has 0 saturated heterocycles. The molecule has 1 heterocycles. The zero-order valence-corrected chi connectivity index (χ0v) is 15.9. The average molecular weight is 381 g/mol. The topological polar surface area (TPSA) is 72.5 Å². The van der Waals surface area contributed by atoms with Crippen LogP contribution in [0.4, 0.5) is 5.69 Å². The third-order valence-electron chi connectivity index (χ3n) is 4.16. The van der Waals surface area contributed by atoms with Crippen molar-refractivity contribution in [2.45, 2.75) is 19.8 Å². The van der Waals surface area contributed by atoms with Gasteiger partial charge in [0.05, 0.1) is 23.2 Å². The molecule has 5 nitrogen and oxygen atoms in total. The number of nitrogens with one attached hydrogen (secondary N) is 1. The highest BCUT2D eigenvalue weighted by Crippen LogP contribution is 2.25. The number of hydrogen-bond acceptors (Lipinski definition) is 5. The average Bonchev–Trinajstić information content (AvgIpc) is 3.11. The Labute approximate surface area is 161 Å². The summed E-state index contributed by atoms with van der Waals surface area (Å²) >= 11 is 1.42. The lowest BCUT2D eigenvalue weighted by Gasteiger charge is -2.11. The maximum absolute atomic E-state index is 12.3. The van der Waals surface area contributed by atoms with Gasteiger partial charge >= 0.3 is 5.97 Å². The Morgan fingerprint density at radius 2 is 1.70 bits per heavy atom. The fourth-order valence-electron chi connectivity index (χ4n) is 2.77. The number of fused-ring (bicyclic) bond motifs is 1. The molecule has 0 atom stereocenters.